The summed E-state index contributed by atoms with van der Waals surface area (Å²) in [5.74, 6) is 0.684. The average Bonchev–Trinajstić information content (AvgIpc) is 3.30. The Morgan fingerprint density at radius 1 is 0.686 bits per heavy atom. The molecule has 2 aliphatic rings. The molecule has 0 bridgehead atoms. The third-order valence-corrected chi connectivity index (χ3v) is 8.45. The van der Waals surface area contributed by atoms with E-state index in [0.717, 1.165) is 0 Å². The minimum atomic E-state index is 0.0294. The van der Waals surface area contributed by atoms with Gasteiger partial charge in [-0.2, -0.15) is 0 Å². The van der Waals surface area contributed by atoms with Gasteiger partial charge in [-0.15, -0.1) is 0 Å². The molecule has 1 saturated carbocycles. The van der Waals surface area contributed by atoms with Crippen LogP contribution in [0, 0.1) is 6.92 Å². The maximum absolute atomic E-state index is 3.80. The van der Waals surface area contributed by atoms with E-state index in [1.165, 1.54) is 85.6 Å². The Kier molecular flexibility index (Phi) is 5.14. The summed E-state index contributed by atoms with van der Waals surface area (Å²) in [7, 11) is 0. The zero-order chi connectivity index (χ0) is 24.3. The lowest BCUT2D eigenvalue weighted by Crippen LogP contribution is -2.14. The first-order valence-corrected chi connectivity index (χ1v) is 13.3. The Bertz CT molecular complexity index is 1580. The first kappa shape index (κ1) is 22.2. The van der Waals surface area contributed by atoms with Gasteiger partial charge in [-0.05, 0) is 94.5 Å². The fourth-order valence-corrected chi connectivity index (χ4v) is 6.33. The van der Waals surface area contributed by atoms with Crippen molar-refractivity contribution in [2.75, 3.05) is 0 Å². The van der Waals surface area contributed by atoms with Crippen molar-refractivity contribution in [3.05, 3.63) is 95.1 Å². The van der Waals surface area contributed by atoms with Crippen molar-refractivity contribution in [3.63, 3.8) is 0 Å². The zero-order valence-corrected chi connectivity index (χ0v) is 21.6. The van der Waals surface area contributed by atoms with Crippen molar-refractivity contribution in [1.29, 1.82) is 0 Å². The van der Waals surface area contributed by atoms with Crippen LogP contribution in [0.3, 0.4) is 0 Å². The molecular formula is C34H35N. The van der Waals surface area contributed by atoms with Gasteiger partial charge in [0.1, 0.15) is 0 Å². The molecule has 176 valence electrons. The van der Waals surface area contributed by atoms with Gasteiger partial charge in [-0.25, -0.2) is 0 Å². The van der Waals surface area contributed by atoms with Crippen LogP contribution in [0.5, 0.6) is 0 Å². The van der Waals surface area contributed by atoms with E-state index in [1.807, 2.05) is 13.8 Å². The molecule has 0 spiro atoms. The zero-order valence-electron chi connectivity index (χ0n) is 21.6. The largest absolute Gasteiger partial charge is 0.354 e. The lowest BCUT2D eigenvalue weighted by Gasteiger charge is -2.28. The van der Waals surface area contributed by atoms with E-state index in [4.69, 9.17) is 0 Å². The van der Waals surface area contributed by atoms with Gasteiger partial charge >= 0.3 is 0 Å². The number of hydrogen-bond acceptors (Lipinski definition) is 0. The maximum Gasteiger partial charge on any atom is 0.0471 e. The fourth-order valence-electron chi connectivity index (χ4n) is 6.33. The Balaban J connectivity index is 0.00000112. The fraction of sp³-hybridized carbons (Fsp3) is 0.294. The molecule has 1 heteroatoms. The Morgan fingerprint density at radius 2 is 1.31 bits per heavy atom. The molecule has 1 heterocycles. The van der Waals surface area contributed by atoms with Gasteiger partial charge in [0.25, 0.3) is 0 Å². The van der Waals surface area contributed by atoms with Gasteiger partial charge in [0.05, 0.1) is 0 Å². The summed E-state index contributed by atoms with van der Waals surface area (Å²) in [6.45, 7) is 11.0. The maximum atomic E-state index is 3.80. The summed E-state index contributed by atoms with van der Waals surface area (Å²) in [5, 5.41) is 2.74. The number of benzene rings is 4. The lowest BCUT2D eigenvalue weighted by molar-refractivity contribution is 0.421. The van der Waals surface area contributed by atoms with Gasteiger partial charge in [0, 0.05) is 27.2 Å². The highest BCUT2D eigenvalue weighted by atomic mass is 14.7. The van der Waals surface area contributed by atoms with Crippen molar-refractivity contribution >= 4 is 21.8 Å². The second kappa shape index (κ2) is 8.12. The van der Waals surface area contributed by atoms with Gasteiger partial charge in [-0.1, -0.05) is 82.6 Å². The molecule has 0 radical (unpaired) electrons. The highest BCUT2D eigenvalue weighted by molar-refractivity contribution is 6.11. The molecule has 0 unspecified atom stereocenters. The Morgan fingerprint density at radius 3 is 2.00 bits per heavy atom. The standard InChI is InChI=1S/C32H29N.C2H6/c1-19-9-4-5-12-21(19)24-17-30-26(15-23(24)20-10-8-11-20)27-16-29-25(18-31(27)33-30)22-13-6-7-14-28(22)32(29,2)3;1-2/h4-7,9,12-18,20,33H,8,10-11H2,1-3H3;1-2H3. The molecule has 1 fully saturated rings. The molecule has 2 aliphatic carbocycles. The third-order valence-electron chi connectivity index (χ3n) is 8.45. The summed E-state index contributed by atoms with van der Waals surface area (Å²) in [6.07, 6.45) is 3.97. The molecule has 1 aromatic heterocycles. The SMILES string of the molecule is CC.Cc1ccccc1-c1cc2[nH]c3cc4c(cc3c2cc1C1CCC1)C(C)(C)c1ccccc1-4. The Labute approximate surface area is 209 Å². The number of H-pyrrole nitrogens is 1. The molecule has 0 aliphatic heterocycles. The molecule has 0 saturated heterocycles. The molecule has 1 nitrogen and oxygen atoms in total. The molecule has 0 atom stereocenters. The van der Waals surface area contributed by atoms with Crippen molar-refractivity contribution < 1.29 is 0 Å². The minimum Gasteiger partial charge on any atom is -0.354 e. The lowest BCUT2D eigenvalue weighted by atomic mass is 9.76. The number of aryl methyl sites for hydroxylation is 1. The van der Waals surface area contributed by atoms with Gasteiger partial charge in [0.15, 0.2) is 0 Å². The Hall–Kier alpha value is -3.32. The van der Waals surface area contributed by atoms with Gasteiger partial charge in [0.2, 0.25) is 0 Å². The van der Waals surface area contributed by atoms with Crippen LogP contribution in [-0.4, -0.2) is 4.98 Å². The first-order valence-electron chi connectivity index (χ1n) is 13.3. The number of nitrogens with one attached hydrogen (secondary N) is 1. The van der Waals surface area contributed by atoms with Gasteiger partial charge < -0.3 is 4.98 Å². The second-order valence-electron chi connectivity index (χ2n) is 10.7. The molecule has 1 N–H and O–H groups in total. The van der Waals surface area contributed by atoms with E-state index >= 15 is 0 Å². The van der Waals surface area contributed by atoms with Crippen molar-refractivity contribution in [1.82, 2.24) is 4.98 Å². The minimum absolute atomic E-state index is 0.0294. The summed E-state index contributed by atoms with van der Waals surface area (Å²) in [4.78, 5) is 3.80. The number of hydrogen-bond donors (Lipinski definition) is 1. The van der Waals surface area contributed by atoms with Crippen LogP contribution in [0.25, 0.3) is 44.1 Å². The van der Waals surface area contributed by atoms with Crippen LogP contribution in [0.4, 0.5) is 0 Å². The van der Waals surface area contributed by atoms with Gasteiger partial charge in [-0.3, -0.25) is 0 Å². The second-order valence-corrected chi connectivity index (χ2v) is 10.7. The molecule has 4 aromatic carbocycles. The average molecular weight is 458 g/mol. The topological polar surface area (TPSA) is 15.8 Å². The van der Waals surface area contributed by atoms with E-state index in [0.29, 0.717) is 5.92 Å². The highest BCUT2D eigenvalue weighted by Crippen LogP contribution is 2.51. The molecule has 0 amide bonds. The van der Waals surface area contributed by atoms with E-state index in [9.17, 15) is 0 Å². The first-order chi connectivity index (χ1) is 17.0. The van der Waals surface area contributed by atoms with E-state index in [-0.39, 0.29) is 5.41 Å². The van der Waals surface area contributed by atoms with Crippen molar-refractivity contribution in [2.45, 2.75) is 65.2 Å². The predicted molar refractivity (Wildman–Crippen MR) is 151 cm³/mol. The summed E-state index contributed by atoms with van der Waals surface area (Å²) >= 11 is 0. The normalized spacial score (nSPS) is 15.9. The summed E-state index contributed by atoms with van der Waals surface area (Å²) in [6, 6.07) is 27.6. The van der Waals surface area contributed by atoms with Crippen LogP contribution < -0.4 is 0 Å². The molecule has 35 heavy (non-hydrogen) atoms. The molecular weight excluding hydrogens is 422 g/mol. The van der Waals surface area contributed by atoms with Crippen LogP contribution >= 0.6 is 0 Å². The van der Waals surface area contributed by atoms with Crippen LogP contribution in [0.15, 0.2) is 72.8 Å². The third kappa shape index (κ3) is 3.21. The van der Waals surface area contributed by atoms with Crippen LogP contribution in [0.2, 0.25) is 0 Å². The number of aromatic amines is 1. The molecule has 5 aromatic rings. The summed E-state index contributed by atoms with van der Waals surface area (Å²) in [5.41, 5.74) is 13.9. The van der Waals surface area contributed by atoms with Crippen LogP contribution in [-0.2, 0) is 5.41 Å². The summed E-state index contributed by atoms with van der Waals surface area (Å²) < 4.78 is 0. The molecule has 7 rings (SSSR count). The van der Waals surface area contributed by atoms with E-state index < -0.39 is 0 Å². The van der Waals surface area contributed by atoms with E-state index in [1.54, 1.807) is 0 Å². The number of aromatic nitrogens is 1. The van der Waals surface area contributed by atoms with Crippen molar-refractivity contribution in [2.24, 2.45) is 0 Å². The highest BCUT2D eigenvalue weighted by Gasteiger charge is 2.35. The van der Waals surface area contributed by atoms with Crippen molar-refractivity contribution in [3.8, 4) is 22.3 Å². The van der Waals surface area contributed by atoms with Crippen LogP contribution in [0.1, 0.15) is 75.1 Å². The number of rotatable bonds is 2. The number of fused-ring (bicyclic) bond motifs is 6. The smallest absolute Gasteiger partial charge is 0.0471 e. The quantitative estimate of drug-likeness (QED) is 0.271. The monoisotopic (exact) mass is 457 g/mol. The van der Waals surface area contributed by atoms with E-state index in [2.05, 4.69) is 98.6 Å². The predicted octanol–water partition coefficient (Wildman–Crippen LogP) is 9.90.